The zero-order valence-electron chi connectivity index (χ0n) is 20.9. The highest BCUT2D eigenvalue weighted by Gasteiger charge is 2.39. The molecule has 4 heterocycles. The first-order valence-electron chi connectivity index (χ1n) is 11.4. The van der Waals surface area contributed by atoms with Crippen LogP contribution in [0.1, 0.15) is 33.3 Å². The van der Waals surface area contributed by atoms with Crippen LogP contribution in [0.2, 0.25) is 0 Å². The number of hydrogen-bond donors (Lipinski definition) is 3. The number of carbonyl (C=O) groups is 3. The largest absolute Gasteiger partial charge is 0.490 e. The Hall–Kier alpha value is -3.60. The second-order valence-electron chi connectivity index (χ2n) is 8.70. The molecule has 17 heteroatoms. The second-order valence-corrected chi connectivity index (χ2v) is 8.70. The first kappa shape index (κ1) is 31.6. The van der Waals surface area contributed by atoms with E-state index in [2.05, 4.69) is 27.0 Å². The number of nitrogens with one attached hydrogen (secondary N) is 1. The van der Waals surface area contributed by atoms with Crippen LogP contribution in [0.3, 0.4) is 0 Å². The first-order chi connectivity index (χ1) is 18.0. The van der Waals surface area contributed by atoms with Crippen molar-refractivity contribution >= 4 is 17.8 Å². The Labute approximate surface area is 217 Å². The van der Waals surface area contributed by atoms with Gasteiger partial charge in [0, 0.05) is 44.8 Å². The zero-order valence-corrected chi connectivity index (χ0v) is 20.9. The van der Waals surface area contributed by atoms with Gasteiger partial charge in [0.1, 0.15) is 11.5 Å². The van der Waals surface area contributed by atoms with Gasteiger partial charge >= 0.3 is 24.3 Å². The highest BCUT2D eigenvalue weighted by molar-refractivity contribution is 5.94. The first-order valence-corrected chi connectivity index (χ1v) is 11.4. The van der Waals surface area contributed by atoms with Crippen molar-refractivity contribution in [1.82, 2.24) is 24.9 Å². The van der Waals surface area contributed by atoms with Gasteiger partial charge in [-0.3, -0.25) is 14.8 Å². The number of H-pyrrole nitrogens is 1. The molecule has 3 N–H and O–H groups in total. The molecule has 1 amide bonds. The number of aromatic nitrogens is 2. The maximum Gasteiger partial charge on any atom is 0.490 e. The summed E-state index contributed by atoms with van der Waals surface area (Å²) in [4.78, 5) is 37.1. The molecule has 2 aromatic heterocycles. The SMILES string of the molecule is Cc1ccc(CN2CCc3c(C(=O)N4CCN(C)CC4)n[nH]c3C2)o1.O=C(O)C(F)(F)F.O=C(O)C(F)(F)F. The lowest BCUT2D eigenvalue weighted by Gasteiger charge is -2.32. The Balaban J connectivity index is 0.000000317. The highest BCUT2D eigenvalue weighted by atomic mass is 19.4. The predicted octanol–water partition coefficient (Wildman–Crippen LogP) is 2.52. The van der Waals surface area contributed by atoms with E-state index in [9.17, 15) is 31.1 Å². The smallest absolute Gasteiger partial charge is 0.475 e. The molecule has 2 aliphatic rings. The molecule has 4 rings (SSSR count). The van der Waals surface area contributed by atoms with Gasteiger partial charge in [-0.2, -0.15) is 31.4 Å². The summed E-state index contributed by atoms with van der Waals surface area (Å²) in [5, 5.41) is 21.7. The number of piperazine rings is 1. The number of nitrogens with zero attached hydrogens (tertiary/aromatic N) is 4. The second kappa shape index (κ2) is 13.0. The molecular weight excluding hydrogens is 544 g/mol. The van der Waals surface area contributed by atoms with Crippen LogP contribution < -0.4 is 0 Å². The molecule has 0 atom stereocenters. The molecular formula is C22H27F6N5O6. The lowest BCUT2D eigenvalue weighted by molar-refractivity contribution is -0.193. The van der Waals surface area contributed by atoms with Crippen molar-refractivity contribution in [2.45, 2.75) is 38.8 Å². The van der Waals surface area contributed by atoms with E-state index in [4.69, 9.17) is 24.2 Å². The number of rotatable bonds is 3. The molecule has 0 bridgehead atoms. The number of halogens is 6. The number of carboxylic acid groups (broad SMARTS) is 2. The van der Waals surface area contributed by atoms with E-state index < -0.39 is 24.3 Å². The van der Waals surface area contributed by atoms with Crippen molar-refractivity contribution in [1.29, 1.82) is 0 Å². The van der Waals surface area contributed by atoms with Crippen molar-refractivity contribution in [3.05, 3.63) is 40.6 Å². The standard InChI is InChI=1S/C18H25N5O2.2C2HF3O2/c1-13-3-4-14(25-13)11-22-6-5-15-16(12-22)19-20-17(15)18(24)23-9-7-21(2)8-10-23;2*3-2(4,5)1(6)7/h3-4H,5-12H2,1-2H3,(H,19,20);2*(H,6,7). The van der Waals surface area contributed by atoms with Gasteiger partial charge in [0.15, 0.2) is 5.69 Å². The lowest BCUT2D eigenvalue weighted by Crippen LogP contribution is -2.47. The minimum atomic E-state index is -5.08. The van der Waals surface area contributed by atoms with Gasteiger partial charge in [0.25, 0.3) is 5.91 Å². The van der Waals surface area contributed by atoms with Crippen LogP contribution in [0, 0.1) is 6.92 Å². The quantitative estimate of drug-likeness (QED) is 0.474. The maximum absolute atomic E-state index is 12.8. The number of likely N-dealkylation sites (N-methyl/N-ethyl adjacent to an activating group) is 1. The van der Waals surface area contributed by atoms with E-state index in [0.717, 1.165) is 75.0 Å². The molecule has 0 aromatic carbocycles. The highest BCUT2D eigenvalue weighted by Crippen LogP contribution is 2.23. The molecule has 2 aromatic rings. The number of furan rings is 1. The van der Waals surface area contributed by atoms with Crippen molar-refractivity contribution in [3.63, 3.8) is 0 Å². The normalized spacial score (nSPS) is 16.4. The Morgan fingerprint density at radius 3 is 1.97 bits per heavy atom. The van der Waals surface area contributed by atoms with Gasteiger partial charge in [-0.1, -0.05) is 0 Å². The topological polar surface area (TPSA) is 143 Å². The fourth-order valence-electron chi connectivity index (χ4n) is 3.64. The molecule has 2 aliphatic heterocycles. The van der Waals surface area contributed by atoms with Crippen molar-refractivity contribution in [2.24, 2.45) is 0 Å². The summed E-state index contributed by atoms with van der Waals surface area (Å²) in [6, 6.07) is 4.02. The summed E-state index contributed by atoms with van der Waals surface area (Å²) >= 11 is 0. The Kier molecular flexibility index (Phi) is 10.5. The van der Waals surface area contributed by atoms with Crippen LogP contribution in [0.25, 0.3) is 0 Å². The van der Waals surface area contributed by atoms with Crippen LogP contribution in [-0.2, 0) is 29.1 Å². The molecule has 39 heavy (non-hydrogen) atoms. The van der Waals surface area contributed by atoms with Crippen molar-refractivity contribution in [2.75, 3.05) is 39.8 Å². The van der Waals surface area contributed by atoms with Gasteiger partial charge in [-0.15, -0.1) is 0 Å². The Morgan fingerprint density at radius 2 is 1.51 bits per heavy atom. The molecule has 11 nitrogen and oxygen atoms in total. The number of aromatic amines is 1. The molecule has 1 saturated heterocycles. The molecule has 0 spiro atoms. The average molecular weight is 571 g/mol. The summed E-state index contributed by atoms with van der Waals surface area (Å²) in [7, 11) is 2.09. The molecule has 218 valence electrons. The number of carbonyl (C=O) groups excluding carboxylic acids is 1. The number of aryl methyl sites for hydroxylation is 1. The van der Waals surface area contributed by atoms with Crippen LogP contribution >= 0.6 is 0 Å². The van der Waals surface area contributed by atoms with Crippen molar-refractivity contribution < 1.29 is 55.4 Å². The molecule has 0 radical (unpaired) electrons. The van der Waals surface area contributed by atoms with Gasteiger partial charge in [0.2, 0.25) is 0 Å². The van der Waals surface area contributed by atoms with Crippen LogP contribution in [-0.4, -0.2) is 105 Å². The molecule has 0 aliphatic carbocycles. The molecule has 0 unspecified atom stereocenters. The van der Waals surface area contributed by atoms with Crippen LogP contribution in [0.4, 0.5) is 26.3 Å². The van der Waals surface area contributed by atoms with E-state index >= 15 is 0 Å². The summed E-state index contributed by atoms with van der Waals surface area (Å²) < 4.78 is 69.1. The molecule has 1 fully saturated rings. The third-order valence-corrected chi connectivity index (χ3v) is 5.67. The number of amides is 1. The van der Waals surface area contributed by atoms with Crippen molar-refractivity contribution in [3.8, 4) is 0 Å². The summed E-state index contributed by atoms with van der Waals surface area (Å²) in [5.74, 6) is -3.52. The fourth-order valence-corrected chi connectivity index (χ4v) is 3.64. The zero-order chi connectivity index (χ0) is 29.5. The van der Waals surface area contributed by atoms with Gasteiger partial charge in [-0.05, 0) is 32.5 Å². The van der Waals surface area contributed by atoms with Gasteiger partial charge < -0.3 is 24.4 Å². The Bertz CT molecular complexity index is 1110. The van der Waals surface area contributed by atoms with E-state index in [1.807, 2.05) is 24.0 Å². The average Bonchev–Trinajstić information content (AvgIpc) is 3.44. The Morgan fingerprint density at radius 1 is 0.974 bits per heavy atom. The number of fused-ring (bicyclic) bond motifs is 1. The summed E-state index contributed by atoms with van der Waals surface area (Å²) in [5.41, 5.74) is 2.77. The van der Waals surface area contributed by atoms with E-state index in [-0.39, 0.29) is 5.91 Å². The minimum absolute atomic E-state index is 0.0701. The van der Waals surface area contributed by atoms with E-state index in [0.29, 0.717) is 5.69 Å². The summed E-state index contributed by atoms with van der Waals surface area (Å²) in [6.45, 7) is 7.84. The fraction of sp³-hybridized carbons (Fsp3) is 0.545. The summed E-state index contributed by atoms with van der Waals surface area (Å²) in [6.07, 6.45) is -9.32. The third-order valence-electron chi connectivity index (χ3n) is 5.67. The van der Waals surface area contributed by atoms with E-state index in [1.165, 1.54) is 0 Å². The monoisotopic (exact) mass is 571 g/mol. The number of aliphatic carboxylic acids is 2. The maximum atomic E-state index is 12.8. The van der Waals surface area contributed by atoms with Gasteiger partial charge in [-0.25, -0.2) is 9.59 Å². The minimum Gasteiger partial charge on any atom is -0.475 e. The lowest BCUT2D eigenvalue weighted by atomic mass is 10.0. The van der Waals surface area contributed by atoms with Crippen LogP contribution in [0.15, 0.2) is 16.5 Å². The number of alkyl halides is 6. The van der Waals surface area contributed by atoms with E-state index in [1.54, 1.807) is 0 Å². The molecule has 0 saturated carbocycles. The number of hydrogen-bond acceptors (Lipinski definition) is 7. The number of carboxylic acids is 2. The van der Waals surface area contributed by atoms with Crippen LogP contribution in [0.5, 0.6) is 0 Å². The predicted molar refractivity (Wildman–Crippen MR) is 121 cm³/mol. The van der Waals surface area contributed by atoms with Gasteiger partial charge in [0.05, 0.1) is 12.2 Å². The third kappa shape index (κ3) is 9.58.